The Labute approximate surface area is 84.8 Å². The van der Waals surface area contributed by atoms with E-state index in [-0.39, 0.29) is 10.9 Å². The molecule has 1 rings (SSSR count). The maximum absolute atomic E-state index is 10.4. The molecule has 1 N–H and O–H groups in total. The van der Waals surface area contributed by atoms with Gasteiger partial charge in [-0.1, -0.05) is 30.3 Å². The smallest absolute Gasteiger partial charge is 0.324 e. The van der Waals surface area contributed by atoms with Gasteiger partial charge in [-0.15, -0.1) is 0 Å². The summed E-state index contributed by atoms with van der Waals surface area (Å²) in [5.41, 5.74) is 0.475. The molecule has 0 amide bonds. The van der Waals surface area contributed by atoms with Crippen molar-refractivity contribution in [2.24, 2.45) is 11.1 Å². The lowest BCUT2D eigenvalue weighted by molar-refractivity contribution is -0.380. The zero-order valence-electron chi connectivity index (χ0n) is 7.80. The minimum Gasteiger partial charge on any atom is -0.411 e. The van der Waals surface area contributed by atoms with Gasteiger partial charge in [0.05, 0.1) is 15.5 Å². The molecule has 1 aromatic heterocycles. The summed E-state index contributed by atoms with van der Waals surface area (Å²) in [6, 6.07) is 3.01. The minimum absolute atomic E-state index is 0.0401. The highest BCUT2D eigenvalue weighted by molar-refractivity contribution is 7.17. The molecule has 0 aliphatic heterocycles. The summed E-state index contributed by atoms with van der Waals surface area (Å²) < 4.78 is 0. The van der Waals surface area contributed by atoms with Gasteiger partial charge in [0.1, 0.15) is 0 Å². The SMILES string of the molecule is CC(C)C(=NO)c1ccc([N+](=O)[O-])s1. The van der Waals surface area contributed by atoms with Gasteiger partial charge in [0, 0.05) is 12.0 Å². The largest absolute Gasteiger partial charge is 0.411 e. The molecule has 0 fully saturated rings. The Morgan fingerprint density at radius 1 is 1.64 bits per heavy atom. The molecule has 6 heteroatoms. The van der Waals surface area contributed by atoms with Gasteiger partial charge in [-0.2, -0.15) is 0 Å². The van der Waals surface area contributed by atoms with Crippen LogP contribution in [0.3, 0.4) is 0 Å². The minimum atomic E-state index is -0.455. The van der Waals surface area contributed by atoms with Crippen molar-refractivity contribution in [1.29, 1.82) is 0 Å². The molecule has 0 unspecified atom stereocenters. The summed E-state index contributed by atoms with van der Waals surface area (Å²) in [6.45, 7) is 3.72. The van der Waals surface area contributed by atoms with Crippen molar-refractivity contribution < 1.29 is 10.1 Å². The Morgan fingerprint density at radius 3 is 2.64 bits per heavy atom. The molecular formula is C8H10N2O3S. The fourth-order valence-electron chi connectivity index (χ4n) is 1.01. The molecule has 0 aliphatic rings. The fraction of sp³-hybridized carbons (Fsp3) is 0.375. The van der Waals surface area contributed by atoms with Crippen LogP contribution >= 0.6 is 11.3 Å². The van der Waals surface area contributed by atoms with Crippen LogP contribution in [0.4, 0.5) is 5.00 Å². The molecule has 0 aliphatic carbocycles. The Bertz CT molecular complexity index is 370. The van der Waals surface area contributed by atoms with E-state index in [1.54, 1.807) is 6.07 Å². The first-order chi connectivity index (χ1) is 6.56. The van der Waals surface area contributed by atoms with E-state index in [4.69, 9.17) is 5.21 Å². The van der Waals surface area contributed by atoms with Crippen molar-refractivity contribution in [3.05, 3.63) is 27.1 Å². The van der Waals surface area contributed by atoms with Crippen LogP contribution in [0.2, 0.25) is 0 Å². The van der Waals surface area contributed by atoms with Gasteiger partial charge in [0.2, 0.25) is 0 Å². The van der Waals surface area contributed by atoms with Crippen molar-refractivity contribution in [2.75, 3.05) is 0 Å². The van der Waals surface area contributed by atoms with E-state index in [9.17, 15) is 10.1 Å². The van der Waals surface area contributed by atoms with Gasteiger partial charge in [-0.05, 0) is 6.07 Å². The Hall–Kier alpha value is -1.43. The van der Waals surface area contributed by atoms with Gasteiger partial charge in [-0.3, -0.25) is 10.1 Å². The standard InChI is InChI=1S/C8H10N2O3S/c1-5(2)8(9-11)6-3-4-7(14-6)10(12)13/h3-5,11H,1-2H3. The first-order valence-corrected chi connectivity index (χ1v) is 4.84. The molecule has 0 saturated carbocycles. The van der Waals surface area contributed by atoms with Crippen molar-refractivity contribution in [3.63, 3.8) is 0 Å². The molecule has 1 aromatic rings. The normalized spacial score (nSPS) is 12.1. The molecular weight excluding hydrogens is 204 g/mol. The second kappa shape index (κ2) is 4.19. The summed E-state index contributed by atoms with van der Waals surface area (Å²) >= 11 is 1.01. The predicted octanol–water partition coefficient (Wildman–Crippen LogP) is 2.49. The Morgan fingerprint density at radius 2 is 2.29 bits per heavy atom. The van der Waals surface area contributed by atoms with Crippen LogP contribution in [-0.4, -0.2) is 15.8 Å². The fourth-order valence-corrected chi connectivity index (χ4v) is 1.97. The third-order valence-corrected chi connectivity index (χ3v) is 2.74. The van der Waals surface area contributed by atoms with E-state index in [1.807, 2.05) is 13.8 Å². The number of oxime groups is 1. The molecule has 0 atom stereocenters. The Kier molecular flexibility index (Phi) is 3.19. The number of hydrogen-bond donors (Lipinski definition) is 1. The van der Waals surface area contributed by atoms with Gasteiger partial charge >= 0.3 is 5.00 Å². The zero-order valence-corrected chi connectivity index (χ0v) is 8.61. The zero-order chi connectivity index (χ0) is 10.7. The van der Waals surface area contributed by atoms with Crippen LogP contribution in [0, 0.1) is 16.0 Å². The average Bonchev–Trinajstić information content (AvgIpc) is 2.53. The van der Waals surface area contributed by atoms with E-state index in [1.165, 1.54) is 6.07 Å². The van der Waals surface area contributed by atoms with E-state index in [2.05, 4.69) is 5.16 Å². The number of nitrogens with zero attached hydrogens (tertiary/aromatic N) is 2. The van der Waals surface area contributed by atoms with Crippen molar-refractivity contribution in [3.8, 4) is 0 Å². The van der Waals surface area contributed by atoms with E-state index >= 15 is 0 Å². The van der Waals surface area contributed by atoms with Crippen molar-refractivity contribution in [1.82, 2.24) is 0 Å². The first kappa shape index (κ1) is 10.6. The quantitative estimate of drug-likeness (QED) is 0.363. The maximum atomic E-state index is 10.4. The highest BCUT2D eigenvalue weighted by Crippen LogP contribution is 2.26. The summed E-state index contributed by atoms with van der Waals surface area (Å²) in [5.74, 6) is 0.0401. The lowest BCUT2D eigenvalue weighted by Gasteiger charge is -2.03. The third-order valence-electron chi connectivity index (χ3n) is 1.68. The van der Waals surface area contributed by atoms with Crippen LogP contribution in [0.15, 0.2) is 17.3 Å². The summed E-state index contributed by atoms with van der Waals surface area (Å²) in [4.78, 5) is 10.6. The third kappa shape index (κ3) is 2.08. The lowest BCUT2D eigenvalue weighted by Crippen LogP contribution is -2.06. The molecule has 0 radical (unpaired) electrons. The molecule has 0 spiro atoms. The van der Waals surface area contributed by atoms with Crippen molar-refractivity contribution >= 4 is 22.0 Å². The van der Waals surface area contributed by atoms with Crippen LogP contribution in [-0.2, 0) is 0 Å². The topological polar surface area (TPSA) is 75.7 Å². The first-order valence-electron chi connectivity index (χ1n) is 4.02. The van der Waals surface area contributed by atoms with E-state index < -0.39 is 4.92 Å². The second-order valence-corrected chi connectivity index (χ2v) is 4.10. The van der Waals surface area contributed by atoms with E-state index in [0.717, 1.165) is 11.3 Å². The molecule has 0 saturated heterocycles. The predicted molar refractivity (Wildman–Crippen MR) is 54.1 cm³/mol. The molecule has 0 bridgehead atoms. The summed E-state index contributed by atoms with van der Waals surface area (Å²) in [7, 11) is 0. The molecule has 5 nitrogen and oxygen atoms in total. The Balaban J connectivity index is 3.02. The number of rotatable bonds is 3. The maximum Gasteiger partial charge on any atom is 0.324 e. The number of hydrogen-bond acceptors (Lipinski definition) is 5. The van der Waals surface area contributed by atoms with Crippen LogP contribution < -0.4 is 0 Å². The molecule has 14 heavy (non-hydrogen) atoms. The van der Waals surface area contributed by atoms with E-state index in [0.29, 0.717) is 10.6 Å². The summed E-state index contributed by atoms with van der Waals surface area (Å²) in [5, 5.41) is 22.3. The number of thiophene rings is 1. The van der Waals surface area contributed by atoms with Crippen LogP contribution in [0.5, 0.6) is 0 Å². The van der Waals surface area contributed by atoms with Gasteiger partial charge < -0.3 is 5.21 Å². The monoisotopic (exact) mass is 214 g/mol. The molecule has 1 heterocycles. The van der Waals surface area contributed by atoms with Crippen LogP contribution in [0.25, 0.3) is 0 Å². The summed E-state index contributed by atoms with van der Waals surface area (Å²) in [6.07, 6.45) is 0. The van der Waals surface area contributed by atoms with Crippen LogP contribution in [0.1, 0.15) is 18.7 Å². The van der Waals surface area contributed by atoms with Crippen molar-refractivity contribution in [2.45, 2.75) is 13.8 Å². The molecule has 76 valence electrons. The number of nitro groups is 1. The van der Waals surface area contributed by atoms with Gasteiger partial charge in [-0.25, -0.2) is 0 Å². The highest BCUT2D eigenvalue weighted by atomic mass is 32.1. The van der Waals surface area contributed by atoms with Gasteiger partial charge in [0.25, 0.3) is 0 Å². The second-order valence-electron chi connectivity index (χ2n) is 3.03. The highest BCUT2D eigenvalue weighted by Gasteiger charge is 2.16. The van der Waals surface area contributed by atoms with Gasteiger partial charge in [0.15, 0.2) is 0 Å². The molecule has 0 aromatic carbocycles. The lowest BCUT2D eigenvalue weighted by atomic mass is 10.1. The average molecular weight is 214 g/mol.